The lowest BCUT2D eigenvalue weighted by Gasteiger charge is -2.52. The molecule has 0 radical (unpaired) electrons. The van der Waals surface area contributed by atoms with Gasteiger partial charge in [-0.15, -0.1) is 0 Å². The standard InChI is InChI=1S/C32H35ClFN7O4/c1-40(2)15-31(6-7-31)17-44-29-37-26-21-13-35-27(25(26)34)24-19(22(33)10-23-20(24)14-36-39-23)4-9-43-30(42)45-18-11-32(12-18)5-3-8-41(16-32)28(21)38-29/h10,13-14,18H,3-9,11-12,15-17H2,1-2H3,(H,36,39). The molecule has 4 aromatic rings. The van der Waals surface area contributed by atoms with Crippen molar-refractivity contribution < 1.29 is 23.4 Å². The van der Waals surface area contributed by atoms with Crippen molar-refractivity contribution in [2.45, 2.75) is 51.0 Å². The third-order valence-electron chi connectivity index (χ3n) is 9.91. The van der Waals surface area contributed by atoms with Crippen molar-refractivity contribution in [1.29, 1.82) is 0 Å². The van der Waals surface area contributed by atoms with Crippen molar-refractivity contribution in [3.63, 3.8) is 0 Å². The van der Waals surface area contributed by atoms with Gasteiger partial charge in [-0.2, -0.15) is 15.1 Å². The predicted molar refractivity (Wildman–Crippen MR) is 166 cm³/mol. The number of piperidine rings is 1. The number of nitrogens with zero attached hydrogens (tertiary/aromatic N) is 6. The fourth-order valence-corrected chi connectivity index (χ4v) is 7.95. The van der Waals surface area contributed by atoms with Crippen LogP contribution in [-0.4, -0.2) is 89.3 Å². The normalized spacial score (nSPS) is 23.9. The molecule has 3 aromatic heterocycles. The van der Waals surface area contributed by atoms with E-state index in [9.17, 15) is 4.79 Å². The Morgan fingerprint density at radius 1 is 1.20 bits per heavy atom. The molecule has 7 heterocycles. The van der Waals surface area contributed by atoms with E-state index < -0.39 is 12.0 Å². The van der Waals surface area contributed by atoms with Gasteiger partial charge >= 0.3 is 12.2 Å². The molecule has 1 aromatic carbocycles. The van der Waals surface area contributed by atoms with Gasteiger partial charge in [0.15, 0.2) is 5.82 Å². The highest BCUT2D eigenvalue weighted by Crippen LogP contribution is 2.51. The van der Waals surface area contributed by atoms with E-state index in [0.717, 1.165) is 51.6 Å². The summed E-state index contributed by atoms with van der Waals surface area (Å²) in [7, 11) is 4.11. The molecular weight excluding hydrogens is 601 g/mol. The minimum absolute atomic E-state index is 0.00869. The summed E-state index contributed by atoms with van der Waals surface area (Å²) in [5.74, 6) is 0.0128. The molecule has 236 valence electrons. The minimum atomic E-state index is -0.706. The van der Waals surface area contributed by atoms with E-state index in [4.69, 9.17) is 30.8 Å². The first kappa shape index (κ1) is 28.7. The first-order valence-corrected chi connectivity index (χ1v) is 16.0. The van der Waals surface area contributed by atoms with Crippen LogP contribution < -0.4 is 9.64 Å². The van der Waals surface area contributed by atoms with Crippen LogP contribution in [0.1, 0.15) is 44.1 Å². The van der Waals surface area contributed by atoms with Gasteiger partial charge in [0.25, 0.3) is 0 Å². The first-order chi connectivity index (χ1) is 21.7. The summed E-state index contributed by atoms with van der Waals surface area (Å²) < 4.78 is 34.4. The Morgan fingerprint density at radius 2 is 2.04 bits per heavy atom. The largest absolute Gasteiger partial charge is 0.508 e. The summed E-state index contributed by atoms with van der Waals surface area (Å²) in [5, 5.41) is 8.65. The SMILES string of the molecule is CN(C)CC1(COc2nc3c4cnc(c(F)c4n2)-c2c(c(Cl)cc4[nH]ncc24)CCOC(=O)OC2CC4(CCCN3C4)C2)CC1. The smallest absolute Gasteiger partial charge is 0.463 e. The van der Waals surface area contributed by atoms with E-state index in [1.807, 2.05) is 0 Å². The number of rotatable bonds is 5. The van der Waals surface area contributed by atoms with Crippen molar-refractivity contribution in [3.05, 3.63) is 34.9 Å². The maximum absolute atomic E-state index is 17.0. The van der Waals surface area contributed by atoms with Crippen LogP contribution in [0.25, 0.3) is 33.1 Å². The zero-order chi connectivity index (χ0) is 30.9. The molecule has 13 heteroatoms. The lowest BCUT2D eigenvalue weighted by atomic mass is 9.62. The molecule has 6 aliphatic rings. The maximum atomic E-state index is 17.0. The molecule has 2 aliphatic carbocycles. The lowest BCUT2D eigenvalue weighted by Crippen LogP contribution is -2.53. The van der Waals surface area contributed by atoms with Crippen LogP contribution in [0, 0.1) is 16.6 Å². The highest BCUT2D eigenvalue weighted by atomic mass is 35.5. The van der Waals surface area contributed by atoms with E-state index in [-0.39, 0.29) is 47.2 Å². The van der Waals surface area contributed by atoms with E-state index >= 15 is 4.39 Å². The Kier molecular flexibility index (Phi) is 6.79. The van der Waals surface area contributed by atoms with Crippen LogP contribution in [0.2, 0.25) is 5.02 Å². The van der Waals surface area contributed by atoms with Crippen LogP contribution in [0.5, 0.6) is 6.01 Å². The molecule has 2 saturated carbocycles. The van der Waals surface area contributed by atoms with Gasteiger partial charge in [-0.3, -0.25) is 10.1 Å². The molecule has 11 nitrogen and oxygen atoms in total. The molecule has 1 N–H and O–H groups in total. The summed E-state index contributed by atoms with van der Waals surface area (Å²) in [6.07, 6.45) is 8.15. The molecule has 3 fully saturated rings. The van der Waals surface area contributed by atoms with Gasteiger partial charge in [-0.1, -0.05) is 11.6 Å². The molecule has 45 heavy (non-hydrogen) atoms. The van der Waals surface area contributed by atoms with Crippen LogP contribution >= 0.6 is 11.6 Å². The Labute approximate surface area is 264 Å². The van der Waals surface area contributed by atoms with Crippen molar-refractivity contribution >= 4 is 45.4 Å². The topological polar surface area (TPSA) is 119 Å². The van der Waals surface area contributed by atoms with Gasteiger partial charge in [0, 0.05) is 53.6 Å². The number of carbonyl (C=O) groups is 1. The lowest BCUT2D eigenvalue weighted by molar-refractivity contribution is -0.0717. The molecule has 0 amide bonds. The number of anilines is 1. The van der Waals surface area contributed by atoms with Crippen LogP contribution in [0.3, 0.4) is 0 Å². The number of ether oxygens (including phenoxy) is 3. The van der Waals surface area contributed by atoms with Crippen LogP contribution in [0.15, 0.2) is 18.5 Å². The van der Waals surface area contributed by atoms with Crippen molar-refractivity contribution in [1.82, 2.24) is 30.0 Å². The predicted octanol–water partition coefficient (Wildman–Crippen LogP) is 5.54. The Balaban J connectivity index is 1.29. The average Bonchev–Trinajstić information content (AvgIpc) is 3.59. The van der Waals surface area contributed by atoms with Gasteiger partial charge in [0.2, 0.25) is 0 Å². The zero-order valence-corrected chi connectivity index (χ0v) is 26.1. The summed E-state index contributed by atoms with van der Waals surface area (Å²) in [5.41, 5.74) is 1.93. The molecule has 4 aliphatic heterocycles. The quantitative estimate of drug-likeness (QED) is 0.280. The molecular formula is C32H35ClFN7O4. The summed E-state index contributed by atoms with van der Waals surface area (Å²) in [6, 6.07) is 1.89. The number of aromatic nitrogens is 5. The van der Waals surface area contributed by atoms with Gasteiger partial charge in [0.05, 0.1) is 30.3 Å². The third kappa shape index (κ3) is 5.11. The van der Waals surface area contributed by atoms with Crippen molar-refractivity contribution in [3.8, 4) is 17.3 Å². The number of carbonyl (C=O) groups excluding carboxylic acids is 1. The van der Waals surface area contributed by atoms with E-state index in [1.54, 1.807) is 18.5 Å². The summed E-state index contributed by atoms with van der Waals surface area (Å²) >= 11 is 6.76. The van der Waals surface area contributed by atoms with Gasteiger partial charge in [0.1, 0.15) is 23.1 Å². The highest BCUT2D eigenvalue weighted by molar-refractivity contribution is 6.33. The van der Waals surface area contributed by atoms with Crippen molar-refractivity contribution in [2.75, 3.05) is 51.8 Å². The first-order valence-electron chi connectivity index (χ1n) is 15.6. The Morgan fingerprint density at radius 3 is 2.84 bits per heavy atom. The average molecular weight is 636 g/mol. The third-order valence-corrected chi connectivity index (χ3v) is 10.3. The molecule has 0 atom stereocenters. The summed E-state index contributed by atoms with van der Waals surface area (Å²) in [4.78, 5) is 31.2. The molecule has 7 bridgehead atoms. The number of aromatic amines is 1. The number of benzene rings is 1. The van der Waals surface area contributed by atoms with Gasteiger partial charge in [-0.25, -0.2) is 9.18 Å². The van der Waals surface area contributed by atoms with Crippen molar-refractivity contribution in [2.24, 2.45) is 10.8 Å². The molecule has 0 unspecified atom stereocenters. The second kappa shape index (κ2) is 10.7. The molecule has 1 spiro atoms. The number of hydrogen-bond donors (Lipinski definition) is 1. The fraction of sp³-hybridized carbons (Fsp3) is 0.531. The zero-order valence-electron chi connectivity index (χ0n) is 25.4. The number of fused-ring (bicyclic) bond motifs is 1. The molecule has 10 rings (SSSR count). The maximum Gasteiger partial charge on any atom is 0.508 e. The monoisotopic (exact) mass is 635 g/mol. The minimum Gasteiger partial charge on any atom is -0.463 e. The number of hydrogen-bond acceptors (Lipinski definition) is 10. The van der Waals surface area contributed by atoms with Gasteiger partial charge < -0.3 is 24.0 Å². The second-order valence-corrected chi connectivity index (χ2v) is 14.0. The fourth-order valence-electron chi connectivity index (χ4n) is 7.65. The second-order valence-electron chi connectivity index (χ2n) is 13.6. The Hall–Kier alpha value is -3.77. The number of halogens is 2. The number of nitrogens with one attached hydrogen (secondary N) is 1. The highest BCUT2D eigenvalue weighted by Gasteiger charge is 2.49. The molecule has 1 saturated heterocycles. The Bertz CT molecular complexity index is 1820. The van der Waals surface area contributed by atoms with Gasteiger partial charge in [-0.05, 0) is 69.7 Å². The van der Waals surface area contributed by atoms with E-state index in [0.29, 0.717) is 51.4 Å². The van der Waals surface area contributed by atoms with Crippen LogP contribution in [0.4, 0.5) is 15.0 Å². The van der Waals surface area contributed by atoms with Crippen LogP contribution in [-0.2, 0) is 15.9 Å². The number of H-pyrrole nitrogens is 1. The van der Waals surface area contributed by atoms with E-state index in [2.05, 4.69) is 44.1 Å². The number of pyridine rings is 1. The van der Waals surface area contributed by atoms with E-state index in [1.165, 1.54) is 0 Å². The summed E-state index contributed by atoms with van der Waals surface area (Å²) in [6.45, 7) is 2.83.